The third-order valence-corrected chi connectivity index (χ3v) is 4.94. The SMILES string of the molecule is NC(=O)c1ccc2nc(N3CCNCC3)[nH]c2c1Cc1cccc(Cl)c1. The molecule has 0 spiro atoms. The Hall–Kier alpha value is -2.57. The number of aromatic nitrogens is 2. The van der Waals surface area contributed by atoms with Crippen molar-refractivity contribution in [1.82, 2.24) is 15.3 Å². The standard InChI is InChI=1S/C19H20ClN5O/c20-13-3-1-2-12(10-13)11-15-14(18(21)26)4-5-16-17(15)24-19(23-16)25-8-6-22-7-9-25/h1-5,10,22H,6-9,11H2,(H2,21,26)(H,23,24). The molecule has 4 N–H and O–H groups in total. The Morgan fingerprint density at radius 2 is 2.04 bits per heavy atom. The Morgan fingerprint density at radius 3 is 2.77 bits per heavy atom. The van der Waals surface area contributed by atoms with Crippen LogP contribution in [0.2, 0.25) is 5.02 Å². The van der Waals surface area contributed by atoms with E-state index in [-0.39, 0.29) is 0 Å². The summed E-state index contributed by atoms with van der Waals surface area (Å²) in [7, 11) is 0. The average Bonchev–Trinajstić information content (AvgIpc) is 3.07. The fourth-order valence-electron chi connectivity index (χ4n) is 3.41. The number of hydrogen-bond acceptors (Lipinski definition) is 4. The summed E-state index contributed by atoms with van der Waals surface area (Å²) in [5.41, 5.74) is 9.69. The van der Waals surface area contributed by atoms with Crippen LogP contribution in [0.25, 0.3) is 11.0 Å². The predicted octanol–water partition coefficient (Wildman–Crippen LogP) is 2.32. The number of imidazole rings is 1. The number of nitrogens with two attached hydrogens (primary N) is 1. The number of nitrogens with zero attached hydrogens (tertiary/aromatic N) is 2. The highest BCUT2D eigenvalue weighted by Gasteiger charge is 2.19. The average molecular weight is 370 g/mol. The smallest absolute Gasteiger partial charge is 0.249 e. The van der Waals surface area contributed by atoms with E-state index in [4.69, 9.17) is 22.3 Å². The van der Waals surface area contributed by atoms with Gasteiger partial charge in [-0.1, -0.05) is 23.7 Å². The maximum atomic E-state index is 12.0. The Morgan fingerprint density at radius 1 is 1.23 bits per heavy atom. The fourth-order valence-corrected chi connectivity index (χ4v) is 3.63. The van der Waals surface area contributed by atoms with E-state index in [9.17, 15) is 4.79 Å². The van der Waals surface area contributed by atoms with Gasteiger partial charge in [0, 0.05) is 43.2 Å². The van der Waals surface area contributed by atoms with E-state index in [1.54, 1.807) is 6.07 Å². The number of halogens is 1. The summed E-state index contributed by atoms with van der Waals surface area (Å²) in [4.78, 5) is 22.3. The van der Waals surface area contributed by atoms with Crippen molar-refractivity contribution in [2.75, 3.05) is 31.1 Å². The van der Waals surface area contributed by atoms with E-state index < -0.39 is 5.91 Å². The number of rotatable bonds is 4. The molecule has 4 rings (SSSR count). The van der Waals surface area contributed by atoms with Crippen LogP contribution in [0.3, 0.4) is 0 Å². The maximum Gasteiger partial charge on any atom is 0.249 e. The Kier molecular flexibility index (Phi) is 4.53. The number of amides is 1. The summed E-state index contributed by atoms with van der Waals surface area (Å²) in [6.07, 6.45) is 0.555. The van der Waals surface area contributed by atoms with Crippen LogP contribution in [-0.4, -0.2) is 42.1 Å². The molecule has 134 valence electrons. The third kappa shape index (κ3) is 3.25. The number of nitrogens with one attached hydrogen (secondary N) is 2. The molecule has 1 amide bonds. The number of piperazine rings is 1. The largest absolute Gasteiger partial charge is 0.366 e. The number of primary amides is 1. The second kappa shape index (κ2) is 6.97. The van der Waals surface area contributed by atoms with E-state index in [0.717, 1.165) is 54.3 Å². The van der Waals surface area contributed by atoms with Crippen LogP contribution in [0.1, 0.15) is 21.5 Å². The Balaban J connectivity index is 1.80. The number of carbonyl (C=O) groups is 1. The van der Waals surface area contributed by atoms with Crippen molar-refractivity contribution in [3.63, 3.8) is 0 Å². The van der Waals surface area contributed by atoms with Crippen LogP contribution in [0.5, 0.6) is 0 Å². The topological polar surface area (TPSA) is 87.0 Å². The van der Waals surface area contributed by atoms with Crippen molar-refractivity contribution in [2.45, 2.75) is 6.42 Å². The van der Waals surface area contributed by atoms with Crippen LogP contribution in [0, 0.1) is 0 Å². The van der Waals surface area contributed by atoms with Crippen LogP contribution in [0.4, 0.5) is 5.95 Å². The Labute approximate surface area is 156 Å². The molecule has 0 atom stereocenters. The van der Waals surface area contributed by atoms with Crippen molar-refractivity contribution in [1.29, 1.82) is 0 Å². The first-order valence-corrected chi connectivity index (χ1v) is 9.01. The molecule has 1 aliphatic heterocycles. The number of anilines is 1. The van der Waals surface area contributed by atoms with Crippen LogP contribution in [-0.2, 0) is 6.42 Å². The molecule has 0 unspecified atom stereocenters. The molecule has 0 aliphatic carbocycles. The maximum absolute atomic E-state index is 12.0. The monoisotopic (exact) mass is 369 g/mol. The number of H-pyrrole nitrogens is 1. The molecule has 1 fully saturated rings. The number of hydrogen-bond donors (Lipinski definition) is 3. The summed E-state index contributed by atoms with van der Waals surface area (Å²) in [6, 6.07) is 11.2. The molecule has 1 aromatic heterocycles. The normalized spacial score (nSPS) is 14.7. The Bertz CT molecular complexity index is 962. The zero-order valence-electron chi connectivity index (χ0n) is 14.3. The summed E-state index contributed by atoms with van der Waals surface area (Å²) in [5, 5.41) is 4.00. The van der Waals surface area contributed by atoms with E-state index >= 15 is 0 Å². The number of benzene rings is 2. The number of aromatic amines is 1. The van der Waals surface area contributed by atoms with E-state index in [2.05, 4.69) is 15.2 Å². The molecule has 26 heavy (non-hydrogen) atoms. The van der Waals surface area contributed by atoms with Gasteiger partial charge in [0.25, 0.3) is 0 Å². The van der Waals surface area contributed by atoms with E-state index in [1.165, 1.54) is 0 Å². The fraction of sp³-hybridized carbons (Fsp3) is 0.263. The van der Waals surface area contributed by atoms with E-state index in [0.29, 0.717) is 17.0 Å². The quantitative estimate of drug-likeness (QED) is 0.658. The minimum absolute atomic E-state index is 0.442. The van der Waals surface area contributed by atoms with Gasteiger partial charge >= 0.3 is 0 Å². The van der Waals surface area contributed by atoms with Crippen molar-refractivity contribution in [3.05, 3.63) is 58.1 Å². The molecular weight excluding hydrogens is 350 g/mol. The molecule has 2 heterocycles. The molecule has 1 saturated heterocycles. The zero-order valence-corrected chi connectivity index (χ0v) is 15.0. The highest BCUT2D eigenvalue weighted by atomic mass is 35.5. The van der Waals surface area contributed by atoms with Crippen molar-refractivity contribution in [2.24, 2.45) is 5.73 Å². The van der Waals surface area contributed by atoms with Crippen LogP contribution >= 0.6 is 11.6 Å². The number of fused-ring (bicyclic) bond motifs is 1. The summed E-state index contributed by atoms with van der Waals surface area (Å²) in [6.45, 7) is 3.65. The first-order valence-electron chi connectivity index (χ1n) is 8.63. The van der Waals surface area contributed by atoms with Gasteiger partial charge in [-0.3, -0.25) is 4.79 Å². The zero-order chi connectivity index (χ0) is 18.1. The summed E-state index contributed by atoms with van der Waals surface area (Å²) >= 11 is 6.11. The molecule has 0 saturated carbocycles. The lowest BCUT2D eigenvalue weighted by Gasteiger charge is -2.26. The van der Waals surface area contributed by atoms with Crippen molar-refractivity contribution < 1.29 is 4.79 Å². The highest BCUT2D eigenvalue weighted by molar-refractivity contribution is 6.30. The summed E-state index contributed by atoms with van der Waals surface area (Å²) < 4.78 is 0. The molecule has 0 radical (unpaired) electrons. The third-order valence-electron chi connectivity index (χ3n) is 4.71. The van der Waals surface area contributed by atoms with Gasteiger partial charge in [-0.15, -0.1) is 0 Å². The molecular formula is C19H20ClN5O. The minimum atomic E-state index is -0.442. The predicted molar refractivity (Wildman–Crippen MR) is 104 cm³/mol. The van der Waals surface area contributed by atoms with Gasteiger partial charge in [-0.05, 0) is 35.4 Å². The van der Waals surface area contributed by atoms with Gasteiger partial charge in [0.2, 0.25) is 11.9 Å². The molecule has 7 heteroatoms. The van der Waals surface area contributed by atoms with Gasteiger partial charge in [0.05, 0.1) is 11.0 Å². The lowest BCUT2D eigenvalue weighted by Crippen LogP contribution is -2.44. The van der Waals surface area contributed by atoms with Crippen LogP contribution < -0.4 is 16.0 Å². The van der Waals surface area contributed by atoms with Gasteiger partial charge in [-0.2, -0.15) is 0 Å². The van der Waals surface area contributed by atoms with Crippen molar-refractivity contribution >= 4 is 34.5 Å². The second-order valence-electron chi connectivity index (χ2n) is 6.45. The number of carbonyl (C=O) groups excluding carboxylic acids is 1. The first-order chi connectivity index (χ1) is 12.6. The van der Waals surface area contributed by atoms with Gasteiger partial charge in [-0.25, -0.2) is 4.98 Å². The minimum Gasteiger partial charge on any atom is -0.366 e. The van der Waals surface area contributed by atoms with Crippen molar-refractivity contribution in [3.8, 4) is 0 Å². The van der Waals surface area contributed by atoms with E-state index in [1.807, 2.05) is 30.3 Å². The first kappa shape index (κ1) is 16.9. The second-order valence-corrected chi connectivity index (χ2v) is 6.89. The van der Waals surface area contributed by atoms with Gasteiger partial charge < -0.3 is 20.9 Å². The van der Waals surface area contributed by atoms with Gasteiger partial charge in [0.1, 0.15) is 0 Å². The lowest BCUT2D eigenvalue weighted by atomic mass is 9.98. The molecule has 3 aromatic rings. The molecule has 1 aliphatic rings. The summed E-state index contributed by atoms with van der Waals surface area (Å²) in [5.74, 6) is 0.387. The molecule has 2 aromatic carbocycles. The lowest BCUT2D eigenvalue weighted by molar-refractivity contribution is 0.0999. The highest BCUT2D eigenvalue weighted by Crippen LogP contribution is 2.27. The molecule has 6 nitrogen and oxygen atoms in total. The van der Waals surface area contributed by atoms with Crippen LogP contribution in [0.15, 0.2) is 36.4 Å². The van der Waals surface area contributed by atoms with Gasteiger partial charge in [0.15, 0.2) is 0 Å². The molecule has 0 bridgehead atoms.